The summed E-state index contributed by atoms with van der Waals surface area (Å²) in [6.45, 7) is 4.94. The van der Waals surface area contributed by atoms with Crippen LogP contribution in [0.3, 0.4) is 0 Å². The van der Waals surface area contributed by atoms with E-state index in [1.54, 1.807) is 12.4 Å². The Kier molecular flexibility index (Phi) is 6.02. The first kappa shape index (κ1) is 16.0. The van der Waals surface area contributed by atoms with E-state index in [0.717, 1.165) is 12.0 Å². The number of aliphatic carboxylic acids is 1. The second-order valence-corrected chi connectivity index (χ2v) is 5.52. The molecule has 0 atom stereocenters. The molecule has 0 aliphatic carbocycles. The molecule has 2 amide bonds. The highest BCUT2D eigenvalue weighted by molar-refractivity contribution is 5.73. The second-order valence-electron chi connectivity index (χ2n) is 5.52. The second kappa shape index (κ2) is 7.52. The van der Waals surface area contributed by atoms with Crippen molar-refractivity contribution < 1.29 is 14.7 Å². The van der Waals surface area contributed by atoms with Crippen LogP contribution in [0.4, 0.5) is 4.79 Å². The lowest BCUT2D eigenvalue weighted by Gasteiger charge is -2.23. The molecule has 4 N–H and O–H groups in total. The maximum absolute atomic E-state index is 11.5. The maximum atomic E-state index is 11.5. The smallest absolute Gasteiger partial charge is 0.315 e. The number of aromatic amines is 1. The van der Waals surface area contributed by atoms with E-state index in [1.165, 1.54) is 0 Å². The summed E-state index contributed by atoms with van der Waals surface area (Å²) in [6.07, 6.45) is 4.85. The Hall–Kier alpha value is -2.05. The van der Waals surface area contributed by atoms with Gasteiger partial charge >= 0.3 is 12.0 Å². The molecule has 1 aromatic heterocycles. The van der Waals surface area contributed by atoms with Crippen molar-refractivity contribution in [1.82, 2.24) is 20.8 Å². The lowest BCUT2D eigenvalue weighted by molar-refractivity contribution is -0.137. The lowest BCUT2D eigenvalue weighted by atomic mass is 9.84. The van der Waals surface area contributed by atoms with Crippen molar-refractivity contribution in [3.8, 4) is 0 Å². The molecule has 7 nitrogen and oxygen atoms in total. The molecule has 0 saturated heterocycles. The summed E-state index contributed by atoms with van der Waals surface area (Å²) < 4.78 is 0. The Balaban J connectivity index is 2.15. The van der Waals surface area contributed by atoms with Crippen molar-refractivity contribution in [2.24, 2.45) is 5.41 Å². The standard InChI is InChI=1S/C13H22N4O3/c1-13(2,4-3-11(18)19)5-6-14-12(20)15-7-10-8-16-17-9-10/h8-9H,3-7H2,1-2H3,(H,16,17)(H,18,19)(H2,14,15,20). The normalized spacial score (nSPS) is 11.1. The highest BCUT2D eigenvalue weighted by atomic mass is 16.4. The SMILES string of the molecule is CC(C)(CCNC(=O)NCc1cn[nH]c1)CCC(=O)O. The maximum Gasteiger partial charge on any atom is 0.315 e. The number of amides is 2. The van der Waals surface area contributed by atoms with E-state index in [-0.39, 0.29) is 17.9 Å². The van der Waals surface area contributed by atoms with Crippen LogP contribution in [0.2, 0.25) is 0 Å². The van der Waals surface area contributed by atoms with Crippen LogP contribution in [0, 0.1) is 5.41 Å². The zero-order valence-corrected chi connectivity index (χ0v) is 11.9. The monoisotopic (exact) mass is 282 g/mol. The molecule has 0 aliphatic rings. The van der Waals surface area contributed by atoms with Gasteiger partial charge in [0.1, 0.15) is 0 Å². The quantitative estimate of drug-likeness (QED) is 0.579. The van der Waals surface area contributed by atoms with Gasteiger partial charge in [-0.3, -0.25) is 9.89 Å². The van der Waals surface area contributed by atoms with E-state index in [9.17, 15) is 9.59 Å². The van der Waals surface area contributed by atoms with Gasteiger partial charge in [0.2, 0.25) is 0 Å². The van der Waals surface area contributed by atoms with Crippen molar-refractivity contribution in [1.29, 1.82) is 0 Å². The Morgan fingerprint density at radius 3 is 2.70 bits per heavy atom. The van der Waals surface area contributed by atoms with Crippen LogP contribution in [0.15, 0.2) is 12.4 Å². The summed E-state index contributed by atoms with van der Waals surface area (Å²) in [5.41, 5.74) is 0.804. The minimum atomic E-state index is -0.788. The topological polar surface area (TPSA) is 107 Å². The number of rotatable bonds is 8. The number of aromatic nitrogens is 2. The van der Waals surface area contributed by atoms with Gasteiger partial charge in [-0.25, -0.2) is 4.79 Å². The molecule has 0 fully saturated rings. The number of nitrogens with zero attached hydrogens (tertiary/aromatic N) is 1. The number of hydrogen-bond donors (Lipinski definition) is 4. The van der Waals surface area contributed by atoms with E-state index in [4.69, 9.17) is 5.11 Å². The number of carbonyl (C=O) groups is 2. The van der Waals surface area contributed by atoms with Crippen LogP contribution in [-0.4, -0.2) is 33.8 Å². The van der Waals surface area contributed by atoms with Gasteiger partial charge in [0, 0.05) is 31.3 Å². The number of urea groups is 1. The molecule has 1 heterocycles. The Morgan fingerprint density at radius 2 is 2.10 bits per heavy atom. The van der Waals surface area contributed by atoms with Crippen LogP contribution in [0.25, 0.3) is 0 Å². The minimum Gasteiger partial charge on any atom is -0.481 e. The third-order valence-corrected chi connectivity index (χ3v) is 3.11. The zero-order valence-electron chi connectivity index (χ0n) is 11.9. The average Bonchev–Trinajstić information content (AvgIpc) is 2.87. The number of hydrogen-bond acceptors (Lipinski definition) is 3. The summed E-state index contributed by atoms with van der Waals surface area (Å²) in [5.74, 6) is -0.788. The summed E-state index contributed by atoms with van der Waals surface area (Å²) in [5, 5.41) is 20.6. The van der Waals surface area contributed by atoms with Crippen molar-refractivity contribution >= 4 is 12.0 Å². The third kappa shape index (κ3) is 6.77. The Bertz CT molecular complexity index is 429. The van der Waals surface area contributed by atoms with Gasteiger partial charge in [0.05, 0.1) is 6.20 Å². The number of carbonyl (C=O) groups excluding carboxylic acids is 1. The predicted octanol–water partition coefficient (Wildman–Crippen LogP) is 1.49. The molecule has 0 radical (unpaired) electrons. The van der Waals surface area contributed by atoms with E-state index in [1.807, 2.05) is 13.8 Å². The fourth-order valence-corrected chi connectivity index (χ4v) is 1.70. The molecule has 0 aromatic carbocycles. The van der Waals surface area contributed by atoms with Gasteiger partial charge in [-0.2, -0.15) is 5.10 Å². The summed E-state index contributed by atoms with van der Waals surface area (Å²) in [4.78, 5) is 22.1. The molecule has 1 aromatic rings. The first-order chi connectivity index (χ1) is 9.39. The van der Waals surface area contributed by atoms with Crippen molar-refractivity contribution in [2.75, 3.05) is 6.54 Å². The molecule has 20 heavy (non-hydrogen) atoms. The summed E-state index contributed by atoms with van der Waals surface area (Å²) in [7, 11) is 0. The molecule has 0 spiro atoms. The van der Waals surface area contributed by atoms with Gasteiger partial charge in [-0.15, -0.1) is 0 Å². The Morgan fingerprint density at radius 1 is 1.35 bits per heavy atom. The van der Waals surface area contributed by atoms with Crippen molar-refractivity contribution in [3.63, 3.8) is 0 Å². The highest BCUT2D eigenvalue weighted by Crippen LogP contribution is 2.25. The molecular formula is C13H22N4O3. The van der Waals surface area contributed by atoms with Crippen molar-refractivity contribution in [2.45, 2.75) is 39.7 Å². The number of carboxylic acid groups (broad SMARTS) is 1. The number of nitrogens with one attached hydrogen (secondary N) is 3. The molecular weight excluding hydrogens is 260 g/mol. The van der Waals surface area contributed by atoms with Crippen LogP contribution in [-0.2, 0) is 11.3 Å². The minimum absolute atomic E-state index is 0.101. The Labute approximate surface area is 118 Å². The van der Waals surface area contributed by atoms with Gasteiger partial charge < -0.3 is 15.7 Å². The van der Waals surface area contributed by atoms with Gasteiger partial charge in [0.15, 0.2) is 0 Å². The van der Waals surface area contributed by atoms with Crippen LogP contribution < -0.4 is 10.6 Å². The molecule has 0 bridgehead atoms. The summed E-state index contributed by atoms with van der Waals surface area (Å²) in [6, 6.07) is -0.236. The lowest BCUT2D eigenvalue weighted by Crippen LogP contribution is -2.36. The number of H-pyrrole nitrogens is 1. The third-order valence-electron chi connectivity index (χ3n) is 3.11. The highest BCUT2D eigenvalue weighted by Gasteiger charge is 2.19. The molecule has 1 rings (SSSR count). The zero-order chi connectivity index (χ0) is 15.0. The molecule has 0 saturated carbocycles. The number of carboxylic acids is 1. The van der Waals surface area contributed by atoms with Crippen molar-refractivity contribution in [3.05, 3.63) is 18.0 Å². The van der Waals surface area contributed by atoms with Gasteiger partial charge in [0.25, 0.3) is 0 Å². The fourth-order valence-electron chi connectivity index (χ4n) is 1.70. The van der Waals surface area contributed by atoms with Gasteiger partial charge in [-0.1, -0.05) is 13.8 Å². The molecule has 0 aliphatic heterocycles. The van der Waals surface area contributed by atoms with E-state index >= 15 is 0 Å². The van der Waals surface area contributed by atoms with Crippen LogP contribution in [0.5, 0.6) is 0 Å². The molecule has 7 heteroatoms. The first-order valence-electron chi connectivity index (χ1n) is 6.60. The first-order valence-corrected chi connectivity index (χ1v) is 6.60. The van der Waals surface area contributed by atoms with Crippen LogP contribution in [0.1, 0.15) is 38.7 Å². The van der Waals surface area contributed by atoms with E-state index in [2.05, 4.69) is 20.8 Å². The largest absolute Gasteiger partial charge is 0.481 e. The van der Waals surface area contributed by atoms with E-state index < -0.39 is 5.97 Å². The van der Waals surface area contributed by atoms with Crippen LogP contribution >= 0.6 is 0 Å². The fraction of sp³-hybridized carbons (Fsp3) is 0.615. The summed E-state index contributed by atoms with van der Waals surface area (Å²) >= 11 is 0. The molecule has 0 unspecified atom stereocenters. The predicted molar refractivity (Wildman–Crippen MR) is 74.1 cm³/mol. The molecule has 112 valence electrons. The average molecular weight is 282 g/mol. The van der Waals surface area contributed by atoms with Gasteiger partial charge in [-0.05, 0) is 18.3 Å². The van der Waals surface area contributed by atoms with E-state index in [0.29, 0.717) is 19.5 Å².